The summed E-state index contributed by atoms with van der Waals surface area (Å²) in [4.78, 5) is -0.360. The molecule has 0 saturated carbocycles. The fourth-order valence-corrected chi connectivity index (χ4v) is 2.96. The van der Waals surface area contributed by atoms with E-state index in [9.17, 15) is 16.8 Å². The van der Waals surface area contributed by atoms with E-state index in [-0.39, 0.29) is 10.5 Å². The van der Waals surface area contributed by atoms with E-state index in [2.05, 4.69) is 0 Å². The normalized spacial score (nSPS) is 14.6. The molecule has 0 spiro atoms. The molecule has 5 nitrogen and oxygen atoms in total. The van der Waals surface area contributed by atoms with Crippen molar-refractivity contribution >= 4 is 20.0 Å². The van der Waals surface area contributed by atoms with Crippen LogP contribution in [0.4, 0.5) is 0 Å². The van der Waals surface area contributed by atoms with E-state index in [0.717, 1.165) is 11.8 Å². The minimum Gasteiger partial charge on any atom is -0.282 e. The van der Waals surface area contributed by atoms with Gasteiger partial charge in [0, 0.05) is 6.26 Å². The number of sulfone groups is 1. The van der Waals surface area contributed by atoms with Gasteiger partial charge in [-0.3, -0.25) is 4.55 Å². The second-order valence-electron chi connectivity index (χ2n) is 3.99. The van der Waals surface area contributed by atoms with Gasteiger partial charge in [0.05, 0.1) is 10.1 Å². The molecule has 0 aliphatic heterocycles. The SMILES string of the molecule is Cc1ccc(S(=O)(=O)O)c(C(C)S(C)(=O)=O)c1. The van der Waals surface area contributed by atoms with Crippen molar-refractivity contribution in [1.29, 1.82) is 0 Å². The summed E-state index contributed by atoms with van der Waals surface area (Å²) >= 11 is 0. The Kier molecular flexibility index (Phi) is 3.66. The molecule has 17 heavy (non-hydrogen) atoms. The third-order valence-electron chi connectivity index (χ3n) is 2.52. The third-order valence-corrected chi connectivity index (χ3v) is 4.99. The minimum absolute atomic E-state index is 0.0926. The first-order valence-electron chi connectivity index (χ1n) is 4.80. The highest BCUT2D eigenvalue weighted by Gasteiger charge is 2.25. The van der Waals surface area contributed by atoms with Crippen molar-refractivity contribution in [2.24, 2.45) is 0 Å². The molecule has 1 aromatic carbocycles. The Morgan fingerprint density at radius 1 is 1.18 bits per heavy atom. The lowest BCUT2D eigenvalue weighted by atomic mass is 10.1. The van der Waals surface area contributed by atoms with Gasteiger partial charge in [0.25, 0.3) is 10.1 Å². The highest BCUT2D eigenvalue weighted by Crippen LogP contribution is 2.28. The summed E-state index contributed by atoms with van der Waals surface area (Å²) in [7, 11) is -7.85. The topological polar surface area (TPSA) is 88.5 Å². The summed E-state index contributed by atoms with van der Waals surface area (Å²) in [6.45, 7) is 3.10. The van der Waals surface area contributed by atoms with Gasteiger partial charge >= 0.3 is 0 Å². The van der Waals surface area contributed by atoms with Gasteiger partial charge in [-0.15, -0.1) is 0 Å². The standard InChI is InChI=1S/C10H14O5S2/c1-7-4-5-10(17(13,14)15)9(6-7)8(2)16(3,11)12/h4-6,8H,1-3H3,(H,13,14,15). The Morgan fingerprint density at radius 2 is 1.71 bits per heavy atom. The predicted molar refractivity (Wildman–Crippen MR) is 64.3 cm³/mol. The average molecular weight is 278 g/mol. The molecule has 1 unspecified atom stereocenters. The second-order valence-corrected chi connectivity index (χ2v) is 7.74. The average Bonchev–Trinajstić information content (AvgIpc) is 2.13. The van der Waals surface area contributed by atoms with Gasteiger partial charge in [0.1, 0.15) is 0 Å². The van der Waals surface area contributed by atoms with Crippen molar-refractivity contribution in [1.82, 2.24) is 0 Å². The van der Waals surface area contributed by atoms with Crippen LogP contribution in [0, 0.1) is 6.92 Å². The summed E-state index contributed by atoms with van der Waals surface area (Å²) in [5, 5.41) is -0.987. The Labute approximate surface area is 101 Å². The van der Waals surface area contributed by atoms with Crippen LogP contribution in [0.25, 0.3) is 0 Å². The zero-order chi connectivity index (χ0) is 13.4. The molecule has 0 heterocycles. The van der Waals surface area contributed by atoms with E-state index in [0.29, 0.717) is 0 Å². The maximum absolute atomic E-state index is 11.4. The van der Waals surface area contributed by atoms with Crippen LogP contribution in [0.15, 0.2) is 23.1 Å². The Morgan fingerprint density at radius 3 is 2.12 bits per heavy atom. The van der Waals surface area contributed by atoms with Gasteiger partial charge in [0.15, 0.2) is 9.84 Å². The molecule has 7 heteroatoms. The molecule has 0 radical (unpaired) electrons. The van der Waals surface area contributed by atoms with Gasteiger partial charge in [0.2, 0.25) is 0 Å². The zero-order valence-corrected chi connectivity index (χ0v) is 11.3. The molecule has 1 rings (SSSR count). The summed E-state index contributed by atoms with van der Waals surface area (Å²) in [5.41, 5.74) is 0.818. The lowest BCUT2D eigenvalue weighted by Gasteiger charge is -2.14. The van der Waals surface area contributed by atoms with E-state index in [1.807, 2.05) is 0 Å². The second kappa shape index (κ2) is 4.40. The van der Waals surface area contributed by atoms with Crippen LogP contribution in [-0.2, 0) is 20.0 Å². The molecule has 96 valence electrons. The first-order chi connectivity index (χ1) is 7.53. The minimum atomic E-state index is -4.42. The molecule has 0 fully saturated rings. The molecule has 1 aromatic rings. The van der Waals surface area contributed by atoms with Gasteiger partial charge in [-0.25, -0.2) is 8.42 Å². The molecule has 1 atom stereocenters. The molecule has 0 aromatic heterocycles. The summed E-state index contributed by atoms with van der Waals surface area (Å²) in [6, 6.07) is 4.16. The van der Waals surface area contributed by atoms with E-state index in [1.54, 1.807) is 6.92 Å². The lowest BCUT2D eigenvalue weighted by molar-refractivity contribution is 0.482. The van der Waals surface area contributed by atoms with Gasteiger partial charge in [-0.2, -0.15) is 8.42 Å². The Bertz CT molecular complexity index is 629. The monoisotopic (exact) mass is 278 g/mol. The number of aryl methyl sites for hydroxylation is 1. The summed E-state index contributed by atoms with van der Waals surface area (Å²) in [6.07, 6.45) is 1.02. The Balaban J connectivity index is 3.57. The summed E-state index contributed by atoms with van der Waals surface area (Å²) < 4.78 is 54.3. The number of benzene rings is 1. The van der Waals surface area contributed by atoms with Crippen molar-refractivity contribution in [3.8, 4) is 0 Å². The highest BCUT2D eigenvalue weighted by atomic mass is 32.2. The molecule has 1 N–H and O–H groups in total. The van der Waals surface area contributed by atoms with Crippen LogP contribution in [0.5, 0.6) is 0 Å². The molecule has 0 bridgehead atoms. The zero-order valence-electron chi connectivity index (χ0n) is 9.71. The van der Waals surface area contributed by atoms with Crippen molar-refractivity contribution < 1.29 is 21.4 Å². The van der Waals surface area contributed by atoms with Crippen LogP contribution in [0.1, 0.15) is 23.3 Å². The predicted octanol–water partition coefficient (Wildman–Crippen LogP) is 1.35. The third kappa shape index (κ3) is 3.27. The maximum Gasteiger partial charge on any atom is 0.294 e. The first kappa shape index (κ1) is 14.1. The van der Waals surface area contributed by atoms with Gasteiger partial charge in [-0.05, 0) is 25.5 Å². The highest BCUT2D eigenvalue weighted by molar-refractivity contribution is 7.91. The quantitative estimate of drug-likeness (QED) is 0.843. The summed E-state index contributed by atoms with van der Waals surface area (Å²) in [5.74, 6) is 0. The molecular weight excluding hydrogens is 264 g/mol. The molecule has 0 aliphatic rings. The van der Waals surface area contributed by atoms with E-state index < -0.39 is 25.2 Å². The number of rotatable bonds is 3. The van der Waals surface area contributed by atoms with Crippen molar-refractivity contribution in [3.05, 3.63) is 29.3 Å². The van der Waals surface area contributed by atoms with Gasteiger partial charge < -0.3 is 0 Å². The molecular formula is C10H14O5S2. The molecule has 0 aliphatic carbocycles. The fraction of sp³-hybridized carbons (Fsp3) is 0.400. The number of hydrogen-bond acceptors (Lipinski definition) is 4. The molecule has 0 saturated heterocycles. The van der Waals surface area contributed by atoms with Crippen LogP contribution in [-0.4, -0.2) is 27.6 Å². The largest absolute Gasteiger partial charge is 0.294 e. The lowest BCUT2D eigenvalue weighted by Crippen LogP contribution is -2.12. The smallest absolute Gasteiger partial charge is 0.282 e. The van der Waals surface area contributed by atoms with E-state index in [4.69, 9.17) is 4.55 Å². The Hall–Kier alpha value is -0.920. The van der Waals surface area contributed by atoms with Gasteiger partial charge in [-0.1, -0.05) is 17.7 Å². The fourth-order valence-electron chi connectivity index (χ4n) is 1.45. The van der Waals surface area contributed by atoms with Crippen LogP contribution in [0.2, 0.25) is 0 Å². The van der Waals surface area contributed by atoms with Crippen molar-refractivity contribution in [2.45, 2.75) is 24.0 Å². The van der Waals surface area contributed by atoms with E-state index >= 15 is 0 Å². The molecule has 0 amide bonds. The van der Waals surface area contributed by atoms with Crippen molar-refractivity contribution in [3.63, 3.8) is 0 Å². The van der Waals surface area contributed by atoms with E-state index in [1.165, 1.54) is 25.1 Å². The van der Waals surface area contributed by atoms with Crippen molar-refractivity contribution in [2.75, 3.05) is 6.26 Å². The van der Waals surface area contributed by atoms with Crippen LogP contribution >= 0.6 is 0 Å². The first-order valence-corrected chi connectivity index (χ1v) is 8.20. The maximum atomic E-state index is 11.4. The van der Waals surface area contributed by atoms with Crippen LogP contribution < -0.4 is 0 Å². The number of hydrogen-bond donors (Lipinski definition) is 1. The van der Waals surface area contributed by atoms with Crippen LogP contribution in [0.3, 0.4) is 0 Å².